The molecule has 3 N–H and O–H groups in total. The van der Waals surface area contributed by atoms with Crippen LogP contribution in [0.3, 0.4) is 0 Å². The van der Waals surface area contributed by atoms with Crippen molar-refractivity contribution in [3.8, 4) is 0 Å². The molecule has 7 nitrogen and oxygen atoms in total. The number of hydrogen-bond donors (Lipinski definition) is 3. The molecule has 0 aromatic heterocycles. The Bertz CT molecular complexity index is 301. The second-order valence-corrected chi connectivity index (χ2v) is 5.03. The van der Waals surface area contributed by atoms with Gasteiger partial charge in [0, 0.05) is 20.2 Å². The number of carbonyl (C=O) groups excluding carboxylic acids is 1. The molecule has 0 spiro atoms. The molecule has 0 saturated carbocycles. The highest BCUT2D eigenvalue weighted by molar-refractivity contribution is 5.74. The van der Waals surface area contributed by atoms with Gasteiger partial charge in [-0.2, -0.15) is 0 Å². The summed E-state index contributed by atoms with van der Waals surface area (Å²) in [5.41, 5.74) is -0.980. The van der Waals surface area contributed by atoms with Gasteiger partial charge in [-0.25, -0.2) is 4.79 Å². The zero-order valence-corrected chi connectivity index (χ0v) is 12.0. The first-order valence-corrected chi connectivity index (χ1v) is 6.20. The van der Waals surface area contributed by atoms with E-state index < -0.39 is 17.7 Å². The lowest BCUT2D eigenvalue weighted by atomic mass is 10.1. The summed E-state index contributed by atoms with van der Waals surface area (Å²) in [6.07, 6.45) is -0.717. The average molecular weight is 276 g/mol. The van der Waals surface area contributed by atoms with Crippen LogP contribution in [-0.2, 0) is 9.53 Å². The smallest absolute Gasteiger partial charge is 0.317 e. The quantitative estimate of drug-likeness (QED) is 0.591. The van der Waals surface area contributed by atoms with Crippen LogP contribution in [0.2, 0.25) is 0 Å². The van der Waals surface area contributed by atoms with Crippen molar-refractivity contribution in [2.24, 2.45) is 0 Å². The number of carboxylic acid groups (broad SMARTS) is 1. The third-order valence-electron chi connectivity index (χ3n) is 2.26. The molecular formula is C12H24N2O5. The molecular weight excluding hydrogens is 252 g/mol. The molecule has 19 heavy (non-hydrogen) atoms. The molecule has 2 amide bonds. The van der Waals surface area contributed by atoms with Crippen LogP contribution in [0.4, 0.5) is 4.79 Å². The van der Waals surface area contributed by atoms with E-state index in [1.54, 1.807) is 27.8 Å². The Morgan fingerprint density at radius 1 is 1.42 bits per heavy atom. The molecule has 0 aliphatic rings. The van der Waals surface area contributed by atoms with E-state index in [0.29, 0.717) is 6.61 Å². The van der Waals surface area contributed by atoms with E-state index in [-0.39, 0.29) is 25.5 Å². The number of amides is 2. The van der Waals surface area contributed by atoms with E-state index in [1.165, 1.54) is 4.90 Å². The molecule has 0 aliphatic heterocycles. The normalized spacial score (nSPS) is 12.9. The molecule has 0 heterocycles. The molecule has 0 aliphatic carbocycles. The molecule has 1 unspecified atom stereocenters. The van der Waals surface area contributed by atoms with Crippen molar-refractivity contribution in [1.82, 2.24) is 10.2 Å². The van der Waals surface area contributed by atoms with Crippen molar-refractivity contribution < 1.29 is 24.5 Å². The van der Waals surface area contributed by atoms with Crippen molar-refractivity contribution in [3.63, 3.8) is 0 Å². The maximum absolute atomic E-state index is 11.7. The summed E-state index contributed by atoms with van der Waals surface area (Å²) < 4.78 is 5.22. The maximum atomic E-state index is 11.7. The van der Waals surface area contributed by atoms with Gasteiger partial charge < -0.3 is 25.2 Å². The highest BCUT2D eigenvalue weighted by Gasteiger charge is 2.20. The molecule has 7 heteroatoms. The van der Waals surface area contributed by atoms with Gasteiger partial charge in [0.05, 0.1) is 24.7 Å². The second kappa shape index (κ2) is 7.96. The lowest BCUT2D eigenvalue weighted by molar-refractivity contribution is -0.140. The highest BCUT2D eigenvalue weighted by Crippen LogP contribution is 2.03. The third-order valence-corrected chi connectivity index (χ3v) is 2.26. The number of nitrogens with zero attached hydrogens (tertiary/aromatic N) is 1. The fraction of sp³-hybridized carbons (Fsp3) is 0.833. The lowest BCUT2D eigenvalue weighted by Gasteiger charge is -2.26. The van der Waals surface area contributed by atoms with Crippen LogP contribution >= 0.6 is 0 Å². The Labute approximate surface area is 113 Å². The second-order valence-electron chi connectivity index (χ2n) is 5.03. The van der Waals surface area contributed by atoms with Crippen LogP contribution in [0.5, 0.6) is 0 Å². The topological polar surface area (TPSA) is 99.1 Å². The zero-order valence-electron chi connectivity index (χ0n) is 12.0. The van der Waals surface area contributed by atoms with Crippen LogP contribution in [0.25, 0.3) is 0 Å². The van der Waals surface area contributed by atoms with Crippen LogP contribution in [-0.4, -0.2) is 65.6 Å². The minimum absolute atomic E-state index is 0.120. The Hall–Kier alpha value is -1.34. The molecule has 1 atom stereocenters. The fourth-order valence-corrected chi connectivity index (χ4v) is 1.61. The van der Waals surface area contributed by atoms with Gasteiger partial charge in [0.25, 0.3) is 0 Å². The van der Waals surface area contributed by atoms with E-state index >= 15 is 0 Å². The summed E-state index contributed by atoms with van der Waals surface area (Å²) in [5, 5.41) is 20.9. The Morgan fingerprint density at radius 3 is 2.42 bits per heavy atom. The largest absolute Gasteiger partial charge is 0.481 e. The molecule has 0 radical (unpaired) electrons. The van der Waals surface area contributed by atoms with Crippen molar-refractivity contribution >= 4 is 12.0 Å². The predicted molar refractivity (Wildman–Crippen MR) is 70.0 cm³/mol. The number of aliphatic carboxylic acids is 1. The Kier molecular flexibility index (Phi) is 7.40. The van der Waals surface area contributed by atoms with E-state index in [0.717, 1.165) is 0 Å². The van der Waals surface area contributed by atoms with Crippen molar-refractivity contribution in [1.29, 1.82) is 0 Å². The first-order valence-electron chi connectivity index (χ1n) is 6.20. The van der Waals surface area contributed by atoms with Gasteiger partial charge in [-0.1, -0.05) is 0 Å². The summed E-state index contributed by atoms with van der Waals surface area (Å²) >= 11 is 0. The monoisotopic (exact) mass is 276 g/mol. The van der Waals surface area contributed by atoms with Gasteiger partial charge in [0.2, 0.25) is 0 Å². The first-order chi connectivity index (χ1) is 8.65. The molecule has 0 rings (SSSR count). The van der Waals surface area contributed by atoms with Crippen LogP contribution in [0, 0.1) is 0 Å². The summed E-state index contributed by atoms with van der Waals surface area (Å²) in [4.78, 5) is 23.7. The van der Waals surface area contributed by atoms with Crippen LogP contribution in [0.1, 0.15) is 27.2 Å². The van der Waals surface area contributed by atoms with E-state index in [2.05, 4.69) is 5.32 Å². The van der Waals surface area contributed by atoms with E-state index in [4.69, 9.17) is 9.84 Å². The third kappa shape index (κ3) is 9.26. The number of carboxylic acids is 1. The summed E-state index contributed by atoms with van der Waals surface area (Å²) in [5.74, 6) is -0.974. The maximum Gasteiger partial charge on any atom is 0.317 e. The van der Waals surface area contributed by atoms with Gasteiger partial charge in [-0.15, -0.1) is 0 Å². The molecule has 0 bridgehead atoms. The van der Waals surface area contributed by atoms with Crippen LogP contribution in [0.15, 0.2) is 0 Å². The van der Waals surface area contributed by atoms with Gasteiger partial charge in [0.15, 0.2) is 0 Å². The van der Waals surface area contributed by atoms with Gasteiger partial charge in [-0.05, 0) is 20.8 Å². The number of nitrogens with one attached hydrogen (secondary N) is 1. The minimum Gasteiger partial charge on any atom is -0.481 e. The van der Waals surface area contributed by atoms with Crippen LogP contribution < -0.4 is 5.32 Å². The van der Waals surface area contributed by atoms with Gasteiger partial charge in [0.1, 0.15) is 0 Å². The van der Waals surface area contributed by atoms with Crippen molar-refractivity contribution in [2.45, 2.75) is 38.9 Å². The summed E-state index contributed by atoms with van der Waals surface area (Å²) in [6.45, 7) is 5.64. The standard InChI is InChI=1S/C12H24N2O5/c1-5-19-9(6-10(15)16)7-13-11(17)14(4)8-12(2,3)18/h9,18H,5-8H2,1-4H3,(H,13,17)(H,15,16). The number of ether oxygens (including phenoxy) is 1. The van der Waals surface area contributed by atoms with Gasteiger partial charge in [-0.3, -0.25) is 4.79 Å². The number of carbonyl (C=O) groups is 2. The average Bonchev–Trinajstić information content (AvgIpc) is 2.22. The predicted octanol–water partition coefficient (Wildman–Crippen LogP) is 0.279. The SMILES string of the molecule is CCOC(CNC(=O)N(C)CC(C)(C)O)CC(=O)O. The summed E-state index contributed by atoms with van der Waals surface area (Å²) in [7, 11) is 1.56. The molecule has 0 aromatic carbocycles. The Balaban J connectivity index is 4.20. The van der Waals surface area contributed by atoms with Crippen molar-refractivity contribution in [2.75, 3.05) is 26.7 Å². The van der Waals surface area contributed by atoms with E-state index in [9.17, 15) is 14.7 Å². The fourth-order valence-electron chi connectivity index (χ4n) is 1.61. The number of rotatable bonds is 8. The Morgan fingerprint density at radius 2 is 2.00 bits per heavy atom. The minimum atomic E-state index is -0.980. The molecule has 0 saturated heterocycles. The number of hydrogen-bond acceptors (Lipinski definition) is 4. The summed E-state index contributed by atoms with van der Waals surface area (Å²) in [6, 6.07) is -0.378. The molecule has 0 fully saturated rings. The number of likely N-dealkylation sites (N-methyl/N-ethyl adjacent to an activating group) is 1. The zero-order chi connectivity index (χ0) is 15.1. The number of urea groups is 1. The van der Waals surface area contributed by atoms with Gasteiger partial charge >= 0.3 is 12.0 Å². The molecule has 0 aromatic rings. The first kappa shape index (κ1) is 17.7. The number of aliphatic hydroxyl groups is 1. The van der Waals surface area contributed by atoms with Crippen molar-refractivity contribution in [3.05, 3.63) is 0 Å². The van der Waals surface area contributed by atoms with E-state index in [1.807, 2.05) is 0 Å². The molecule has 112 valence electrons. The highest BCUT2D eigenvalue weighted by atomic mass is 16.5. The lowest BCUT2D eigenvalue weighted by Crippen LogP contribution is -2.46.